The van der Waals surface area contributed by atoms with Crippen molar-refractivity contribution in [3.05, 3.63) is 0 Å². The van der Waals surface area contributed by atoms with Crippen LogP contribution in [0, 0.1) is 5.41 Å². The topological polar surface area (TPSA) is 55.1 Å². The van der Waals surface area contributed by atoms with Crippen LogP contribution in [0.1, 0.15) is 33.1 Å². The smallest absolute Gasteiger partial charge is 0.356 e. The molecule has 0 spiro atoms. The molecule has 0 aromatic heterocycles. The molecule has 0 atom stereocenters. The van der Waals surface area contributed by atoms with E-state index >= 15 is 0 Å². The lowest BCUT2D eigenvalue weighted by Crippen LogP contribution is -2.42. The Hall–Kier alpha value is -0.780. The Kier molecular flexibility index (Phi) is 5.78. The third-order valence-electron chi connectivity index (χ3n) is 2.30. The van der Waals surface area contributed by atoms with Gasteiger partial charge in [-0.25, -0.2) is 0 Å². The van der Waals surface area contributed by atoms with Crippen LogP contribution in [-0.4, -0.2) is 25.2 Å². The van der Waals surface area contributed by atoms with Crippen molar-refractivity contribution in [3.63, 3.8) is 0 Å². The Morgan fingerprint density at radius 1 is 1.25 bits per heavy atom. The Balaban J connectivity index is 3.64. The van der Waals surface area contributed by atoms with Crippen molar-refractivity contribution in [3.8, 4) is 0 Å². The second-order valence-corrected chi connectivity index (χ2v) is 4.42. The van der Waals surface area contributed by atoms with Crippen LogP contribution in [0.2, 0.25) is 0 Å². The molecule has 0 aliphatic heterocycles. The number of alkyl halides is 3. The van der Waals surface area contributed by atoms with E-state index in [-0.39, 0.29) is 25.4 Å². The van der Waals surface area contributed by atoms with Crippen LogP contribution in [0.3, 0.4) is 0 Å². The average molecular weight is 240 g/mol. The number of hydrogen-bond acceptors (Lipinski definition) is 2. The zero-order chi connectivity index (χ0) is 12.8. The Bertz CT molecular complexity index is 227. The zero-order valence-electron chi connectivity index (χ0n) is 9.66. The van der Waals surface area contributed by atoms with E-state index in [9.17, 15) is 18.0 Å². The van der Waals surface area contributed by atoms with Gasteiger partial charge in [0.05, 0.1) is 5.41 Å². The van der Waals surface area contributed by atoms with Crippen molar-refractivity contribution in [2.24, 2.45) is 11.1 Å². The molecule has 0 saturated carbocycles. The van der Waals surface area contributed by atoms with Gasteiger partial charge in [-0.1, -0.05) is 0 Å². The van der Waals surface area contributed by atoms with E-state index in [1.165, 1.54) is 0 Å². The molecule has 0 radical (unpaired) electrons. The number of rotatable bonds is 6. The Labute approximate surface area is 93.6 Å². The largest absolute Gasteiger partial charge is 0.389 e. The van der Waals surface area contributed by atoms with E-state index in [4.69, 9.17) is 5.73 Å². The molecule has 3 nitrogen and oxygen atoms in total. The Morgan fingerprint density at radius 3 is 2.25 bits per heavy atom. The molecule has 0 fully saturated rings. The molecule has 0 bridgehead atoms. The van der Waals surface area contributed by atoms with Gasteiger partial charge < -0.3 is 11.1 Å². The van der Waals surface area contributed by atoms with E-state index in [0.29, 0.717) is 6.42 Å². The third kappa shape index (κ3) is 6.66. The minimum absolute atomic E-state index is 0.0346. The van der Waals surface area contributed by atoms with Gasteiger partial charge in [-0.2, -0.15) is 13.2 Å². The van der Waals surface area contributed by atoms with Crippen molar-refractivity contribution in [2.45, 2.75) is 39.3 Å². The van der Waals surface area contributed by atoms with Crippen LogP contribution < -0.4 is 11.1 Å². The molecule has 0 heterocycles. The number of amides is 1. The number of carbonyl (C=O) groups is 1. The minimum Gasteiger partial charge on any atom is -0.356 e. The van der Waals surface area contributed by atoms with Gasteiger partial charge in [0, 0.05) is 19.5 Å². The van der Waals surface area contributed by atoms with Gasteiger partial charge in [0.15, 0.2) is 0 Å². The number of hydrogen-bond donors (Lipinski definition) is 2. The summed E-state index contributed by atoms with van der Waals surface area (Å²) in [4.78, 5) is 11.4. The van der Waals surface area contributed by atoms with Crippen molar-refractivity contribution >= 4 is 5.91 Å². The molecule has 0 aliphatic rings. The van der Waals surface area contributed by atoms with Gasteiger partial charge in [-0.05, 0) is 26.7 Å². The first kappa shape index (κ1) is 15.2. The van der Waals surface area contributed by atoms with Crippen molar-refractivity contribution < 1.29 is 18.0 Å². The quantitative estimate of drug-likeness (QED) is 0.696. The van der Waals surface area contributed by atoms with E-state index in [0.717, 1.165) is 0 Å². The fraction of sp³-hybridized carbons (Fsp3) is 0.900. The molecule has 0 aliphatic carbocycles. The average Bonchev–Trinajstić information content (AvgIpc) is 2.15. The predicted octanol–water partition coefficient (Wildman–Crippen LogP) is 1.82. The second-order valence-electron chi connectivity index (χ2n) is 4.42. The number of halogens is 3. The number of nitrogens with two attached hydrogens (primary N) is 1. The summed E-state index contributed by atoms with van der Waals surface area (Å²) in [5.74, 6) is -0.220. The first-order valence-corrected chi connectivity index (χ1v) is 5.24. The number of nitrogens with one attached hydrogen (secondary N) is 1. The summed E-state index contributed by atoms with van der Waals surface area (Å²) in [6.45, 7) is 3.86. The molecule has 6 heteroatoms. The molecule has 0 rings (SSSR count). The van der Waals surface area contributed by atoms with Crippen LogP contribution in [0.25, 0.3) is 0 Å². The molecular weight excluding hydrogens is 221 g/mol. The normalized spacial score (nSPS) is 12.6. The molecule has 0 aromatic carbocycles. The molecule has 3 N–H and O–H groups in total. The SMILES string of the molecule is CC(C)(CN)C(=O)NCCCCC(F)(F)F. The summed E-state index contributed by atoms with van der Waals surface area (Å²) < 4.78 is 35.3. The van der Waals surface area contributed by atoms with Crippen LogP contribution in [0.5, 0.6) is 0 Å². The molecule has 0 unspecified atom stereocenters. The standard InChI is InChI=1S/C10H19F3N2O/c1-9(2,7-14)8(16)15-6-4-3-5-10(11,12)13/h3-7,14H2,1-2H3,(H,15,16). The van der Waals surface area contributed by atoms with Gasteiger partial charge in [0.2, 0.25) is 5.91 Å². The fourth-order valence-electron chi connectivity index (χ4n) is 0.984. The van der Waals surface area contributed by atoms with E-state index in [1.807, 2.05) is 0 Å². The third-order valence-corrected chi connectivity index (χ3v) is 2.30. The second kappa shape index (κ2) is 6.08. The maximum Gasteiger partial charge on any atom is 0.389 e. The summed E-state index contributed by atoms with van der Waals surface area (Å²) in [7, 11) is 0. The maximum absolute atomic E-state index is 11.8. The lowest BCUT2D eigenvalue weighted by molar-refractivity contribution is -0.135. The summed E-state index contributed by atoms with van der Waals surface area (Å²) in [6.07, 6.45) is -4.55. The lowest BCUT2D eigenvalue weighted by Gasteiger charge is -2.21. The van der Waals surface area contributed by atoms with Gasteiger partial charge in [0.25, 0.3) is 0 Å². The summed E-state index contributed by atoms with van der Waals surface area (Å²) in [6, 6.07) is 0. The van der Waals surface area contributed by atoms with Crippen LogP contribution >= 0.6 is 0 Å². The minimum atomic E-state index is -4.11. The highest BCUT2D eigenvalue weighted by Gasteiger charge is 2.27. The predicted molar refractivity (Wildman–Crippen MR) is 55.8 cm³/mol. The highest BCUT2D eigenvalue weighted by atomic mass is 19.4. The summed E-state index contributed by atoms with van der Waals surface area (Å²) >= 11 is 0. The molecule has 0 aromatic rings. The van der Waals surface area contributed by atoms with E-state index < -0.39 is 18.0 Å². The molecule has 16 heavy (non-hydrogen) atoms. The fourth-order valence-corrected chi connectivity index (χ4v) is 0.984. The van der Waals surface area contributed by atoms with Gasteiger partial charge in [-0.3, -0.25) is 4.79 Å². The van der Waals surface area contributed by atoms with Crippen LogP contribution in [0.15, 0.2) is 0 Å². The number of carbonyl (C=O) groups excluding carboxylic acids is 1. The molecule has 0 saturated heterocycles. The lowest BCUT2D eigenvalue weighted by atomic mass is 9.93. The molecule has 96 valence electrons. The highest BCUT2D eigenvalue weighted by molar-refractivity contribution is 5.81. The van der Waals surface area contributed by atoms with E-state index in [1.54, 1.807) is 13.8 Å². The summed E-state index contributed by atoms with van der Waals surface area (Å²) in [5, 5.41) is 2.57. The maximum atomic E-state index is 11.8. The van der Waals surface area contributed by atoms with Crippen molar-refractivity contribution in [2.75, 3.05) is 13.1 Å². The van der Waals surface area contributed by atoms with Crippen molar-refractivity contribution in [1.29, 1.82) is 0 Å². The van der Waals surface area contributed by atoms with Gasteiger partial charge in [-0.15, -0.1) is 0 Å². The zero-order valence-corrected chi connectivity index (χ0v) is 9.66. The number of unbranched alkanes of at least 4 members (excludes halogenated alkanes) is 1. The highest BCUT2D eigenvalue weighted by Crippen LogP contribution is 2.21. The van der Waals surface area contributed by atoms with Crippen LogP contribution in [-0.2, 0) is 4.79 Å². The molecular formula is C10H19F3N2O. The summed E-state index contributed by atoms with van der Waals surface area (Å²) in [5.41, 5.74) is 4.72. The van der Waals surface area contributed by atoms with E-state index in [2.05, 4.69) is 5.32 Å². The molecule has 1 amide bonds. The van der Waals surface area contributed by atoms with Gasteiger partial charge in [0.1, 0.15) is 0 Å². The monoisotopic (exact) mass is 240 g/mol. The van der Waals surface area contributed by atoms with Gasteiger partial charge >= 0.3 is 6.18 Å². The van der Waals surface area contributed by atoms with Crippen molar-refractivity contribution in [1.82, 2.24) is 5.32 Å². The first-order chi connectivity index (χ1) is 7.19. The first-order valence-electron chi connectivity index (χ1n) is 5.24. The Morgan fingerprint density at radius 2 is 1.81 bits per heavy atom. The van der Waals surface area contributed by atoms with Crippen LogP contribution in [0.4, 0.5) is 13.2 Å².